The third-order valence-electron chi connectivity index (χ3n) is 9.25. The van der Waals surface area contributed by atoms with E-state index in [1.165, 1.54) is 41.6 Å². The van der Waals surface area contributed by atoms with Crippen molar-refractivity contribution < 1.29 is 9.90 Å². The van der Waals surface area contributed by atoms with Crippen LogP contribution < -0.4 is 0 Å². The predicted octanol–water partition coefficient (Wildman–Crippen LogP) is 10.8. The smallest absolute Gasteiger partial charge is 0.162 e. The van der Waals surface area contributed by atoms with Crippen LogP contribution in [0.5, 0.6) is 0 Å². The van der Waals surface area contributed by atoms with Crippen LogP contribution in [0.15, 0.2) is 119 Å². The van der Waals surface area contributed by atoms with Crippen molar-refractivity contribution in [3.8, 4) is 0 Å². The van der Waals surface area contributed by atoms with Crippen LogP contribution in [-0.2, 0) is 4.79 Å². The molecular weight excluding hydrogens is 512 g/mol. The molecule has 0 unspecified atom stereocenters. The maximum Gasteiger partial charge on any atom is 0.162 e. The molecule has 2 nitrogen and oxygen atoms in total. The lowest BCUT2D eigenvalue weighted by atomic mass is 9.66. The zero-order valence-corrected chi connectivity index (χ0v) is 28.1. The second kappa shape index (κ2) is 15.5. The molecular formula is C40H56O2. The minimum absolute atomic E-state index is 0.0925. The highest BCUT2D eigenvalue weighted by Crippen LogP contribution is 2.53. The molecule has 0 bridgehead atoms. The molecule has 228 valence electrons. The van der Waals surface area contributed by atoms with Gasteiger partial charge < -0.3 is 5.11 Å². The number of carbonyl (C=O) groups is 1. The first-order valence-corrected chi connectivity index (χ1v) is 15.6. The van der Waals surface area contributed by atoms with Crippen molar-refractivity contribution in [2.45, 2.75) is 107 Å². The highest BCUT2D eigenvalue weighted by Gasteiger charge is 2.52. The molecule has 0 amide bonds. The molecule has 0 aromatic rings. The Bertz CT molecular complexity index is 1280. The Balaban J connectivity index is 1.88. The van der Waals surface area contributed by atoms with E-state index in [9.17, 15) is 9.90 Å². The molecule has 0 aliphatic heterocycles. The average molecular weight is 569 g/mol. The fourth-order valence-electron chi connectivity index (χ4n) is 6.02. The lowest BCUT2D eigenvalue weighted by Gasteiger charge is -2.35. The summed E-state index contributed by atoms with van der Waals surface area (Å²) in [5.41, 5.74) is 7.17. The van der Waals surface area contributed by atoms with Gasteiger partial charge in [0.15, 0.2) is 5.78 Å². The van der Waals surface area contributed by atoms with Crippen molar-refractivity contribution in [3.63, 3.8) is 0 Å². The van der Waals surface area contributed by atoms with Crippen molar-refractivity contribution >= 4 is 5.78 Å². The monoisotopic (exact) mass is 568 g/mol. The van der Waals surface area contributed by atoms with Gasteiger partial charge in [-0.15, -0.1) is 0 Å². The topological polar surface area (TPSA) is 37.3 Å². The van der Waals surface area contributed by atoms with Crippen LogP contribution in [0.1, 0.15) is 101 Å². The maximum absolute atomic E-state index is 12.9. The molecule has 1 N–H and O–H groups in total. The van der Waals surface area contributed by atoms with Crippen molar-refractivity contribution in [1.82, 2.24) is 0 Å². The molecule has 2 rings (SSSR count). The van der Waals surface area contributed by atoms with E-state index in [0.29, 0.717) is 12.8 Å². The van der Waals surface area contributed by atoms with Gasteiger partial charge in [-0.05, 0) is 89.2 Å². The van der Waals surface area contributed by atoms with Gasteiger partial charge in [0.05, 0.1) is 6.10 Å². The molecule has 2 aliphatic rings. The lowest BCUT2D eigenvalue weighted by Crippen LogP contribution is -2.36. The summed E-state index contributed by atoms with van der Waals surface area (Å²) in [7, 11) is 0. The van der Waals surface area contributed by atoms with Crippen LogP contribution in [0.2, 0.25) is 0 Å². The van der Waals surface area contributed by atoms with E-state index >= 15 is 0 Å². The molecule has 0 heterocycles. The Kier molecular flexibility index (Phi) is 13.0. The molecule has 1 fully saturated rings. The van der Waals surface area contributed by atoms with Gasteiger partial charge in [0, 0.05) is 5.41 Å². The van der Waals surface area contributed by atoms with Gasteiger partial charge in [-0.1, -0.05) is 141 Å². The van der Waals surface area contributed by atoms with Crippen LogP contribution in [0.4, 0.5) is 0 Å². The van der Waals surface area contributed by atoms with Crippen molar-refractivity contribution in [2.75, 3.05) is 0 Å². The van der Waals surface area contributed by atoms with E-state index in [0.717, 1.165) is 11.1 Å². The standard InChI is InChI=1S/C40H56O2/c1-30(18-13-20-32(3)23-25-36-34(5)22-15-27-38(36,6)7)16-11-12-17-31(2)19-14-21-33(4)24-26-37(42)40(10)29-35(41)28-39(40,8)9/h11-14,16-21,23-26,35,41H,15,22,27-29H2,1-10H3/b12-11+,18-13+,19-14+,25-23+,26-24+,30-16+,31-17+,32-20+,33-21+/t35-,40-/m0/s1. The van der Waals surface area contributed by atoms with Crippen LogP contribution in [-0.4, -0.2) is 17.0 Å². The maximum atomic E-state index is 12.9. The quantitative estimate of drug-likeness (QED) is 0.199. The van der Waals surface area contributed by atoms with Gasteiger partial charge in [0.2, 0.25) is 0 Å². The molecule has 2 atom stereocenters. The molecule has 1 saturated carbocycles. The first kappa shape index (κ1) is 35.2. The third kappa shape index (κ3) is 10.4. The average Bonchev–Trinajstić information content (AvgIpc) is 3.10. The summed E-state index contributed by atoms with van der Waals surface area (Å²) in [4.78, 5) is 12.9. The normalized spacial score (nSPS) is 26.3. The fourth-order valence-corrected chi connectivity index (χ4v) is 6.02. The number of aliphatic hydroxyl groups is 1. The molecule has 0 aromatic carbocycles. The van der Waals surface area contributed by atoms with E-state index in [-0.39, 0.29) is 16.6 Å². The fraction of sp³-hybridized carbons (Fsp3) is 0.475. The Morgan fingerprint density at radius 1 is 0.714 bits per heavy atom. The van der Waals surface area contributed by atoms with E-state index in [4.69, 9.17) is 0 Å². The van der Waals surface area contributed by atoms with E-state index in [1.54, 1.807) is 6.08 Å². The van der Waals surface area contributed by atoms with Gasteiger partial charge >= 0.3 is 0 Å². The number of hydrogen-bond acceptors (Lipinski definition) is 2. The van der Waals surface area contributed by atoms with Gasteiger partial charge in [0.25, 0.3) is 0 Å². The molecule has 42 heavy (non-hydrogen) atoms. The van der Waals surface area contributed by atoms with Crippen molar-refractivity contribution in [1.29, 1.82) is 0 Å². The largest absolute Gasteiger partial charge is 0.393 e. The molecule has 2 heteroatoms. The highest BCUT2D eigenvalue weighted by atomic mass is 16.3. The van der Waals surface area contributed by atoms with Gasteiger partial charge in [-0.2, -0.15) is 0 Å². The second-order valence-corrected chi connectivity index (χ2v) is 14.0. The zero-order valence-electron chi connectivity index (χ0n) is 28.1. The number of hydrogen-bond donors (Lipinski definition) is 1. The van der Waals surface area contributed by atoms with Crippen molar-refractivity contribution in [3.05, 3.63) is 119 Å². The number of aliphatic hydroxyl groups excluding tert-OH is 1. The Labute approximate surface area is 257 Å². The van der Waals surface area contributed by atoms with Gasteiger partial charge in [-0.3, -0.25) is 4.79 Å². The van der Waals surface area contributed by atoms with Gasteiger partial charge in [0.1, 0.15) is 0 Å². The third-order valence-corrected chi connectivity index (χ3v) is 9.25. The van der Waals surface area contributed by atoms with Crippen LogP contribution >= 0.6 is 0 Å². The predicted molar refractivity (Wildman–Crippen MR) is 183 cm³/mol. The molecule has 0 aromatic heterocycles. The molecule has 0 saturated heterocycles. The number of allylic oxidation sites excluding steroid dienone is 20. The summed E-state index contributed by atoms with van der Waals surface area (Å²) in [6.07, 6.45) is 33.5. The summed E-state index contributed by atoms with van der Waals surface area (Å²) in [5.74, 6) is 0.0925. The molecule has 0 spiro atoms. The first-order chi connectivity index (χ1) is 19.6. The molecule has 0 radical (unpaired) electrons. The Hall–Kier alpha value is -2.97. The van der Waals surface area contributed by atoms with E-state index < -0.39 is 11.5 Å². The SMILES string of the molecule is CC1=C(/C=C/C(C)=C/C=C/C(C)=C/C=C/C=C(C)/C=C/C=C(C)/C=C/C(=O)[C@]2(C)C[C@@H](O)CC2(C)C)C(C)(C)CCC1. The first-order valence-electron chi connectivity index (χ1n) is 15.6. The van der Waals surface area contributed by atoms with Gasteiger partial charge in [-0.25, -0.2) is 0 Å². The lowest BCUT2D eigenvalue weighted by molar-refractivity contribution is -0.127. The summed E-state index contributed by atoms with van der Waals surface area (Å²) >= 11 is 0. The summed E-state index contributed by atoms with van der Waals surface area (Å²) in [6, 6.07) is 0. The number of rotatable bonds is 11. The Morgan fingerprint density at radius 2 is 1.21 bits per heavy atom. The van der Waals surface area contributed by atoms with Crippen LogP contribution in [0.25, 0.3) is 0 Å². The summed E-state index contributed by atoms with van der Waals surface area (Å²) in [5, 5.41) is 10.1. The second-order valence-electron chi connectivity index (χ2n) is 14.0. The number of carbonyl (C=O) groups excluding carboxylic acids is 1. The zero-order chi connectivity index (χ0) is 31.6. The highest BCUT2D eigenvalue weighted by molar-refractivity contribution is 5.95. The Morgan fingerprint density at radius 3 is 1.71 bits per heavy atom. The van der Waals surface area contributed by atoms with E-state index in [2.05, 4.69) is 116 Å². The minimum Gasteiger partial charge on any atom is -0.393 e. The van der Waals surface area contributed by atoms with Crippen LogP contribution in [0.3, 0.4) is 0 Å². The van der Waals surface area contributed by atoms with Crippen molar-refractivity contribution in [2.24, 2.45) is 16.2 Å². The number of ketones is 1. The molecule has 2 aliphatic carbocycles. The minimum atomic E-state index is -0.524. The van der Waals surface area contributed by atoms with Crippen LogP contribution in [0, 0.1) is 16.2 Å². The summed E-state index contributed by atoms with van der Waals surface area (Å²) < 4.78 is 0. The van der Waals surface area contributed by atoms with E-state index in [1.807, 2.05) is 32.1 Å². The summed E-state index contributed by atoms with van der Waals surface area (Å²) in [6.45, 7) is 21.5.